The van der Waals surface area contributed by atoms with Crippen LogP contribution in [0.25, 0.3) is 0 Å². The van der Waals surface area contributed by atoms with Gasteiger partial charge in [0.1, 0.15) is 5.75 Å². The molecule has 1 aromatic carbocycles. The minimum Gasteiger partial charge on any atom is -0.477 e. The second-order valence-corrected chi connectivity index (χ2v) is 8.13. The highest BCUT2D eigenvalue weighted by Gasteiger charge is 2.40. The molecule has 1 N–H and O–H groups in total. The molecule has 29 heavy (non-hydrogen) atoms. The Labute approximate surface area is 179 Å². The smallest absolute Gasteiger partial charge is 0.346 e. The number of aryl methyl sites for hydroxylation is 2. The van der Waals surface area contributed by atoms with Gasteiger partial charge in [-0.05, 0) is 45.6 Å². The van der Waals surface area contributed by atoms with Crippen molar-refractivity contribution in [3.05, 3.63) is 33.4 Å². The Kier molecular flexibility index (Phi) is 6.31. The Balaban J connectivity index is 1.86. The molecule has 1 atom stereocenters. The number of benzene rings is 1. The number of hydrogen-bond donors (Lipinski definition) is 1. The topological polar surface area (TPSA) is 82.8 Å². The maximum atomic E-state index is 11.6. The summed E-state index contributed by atoms with van der Waals surface area (Å²) in [6, 6.07) is 3.03. The van der Waals surface area contributed by atoms with Gasteiger partial charge in [-0.1, -0.05) is 23.2 Å². The highest BCUT2D eigenvalue weighted by Crippen LogP contribution is 2.42. The summed E-state index contributed by atoms with van der Waals surface area (Å²) in [4.78, 5) is 11.6. The number of methoxy groups -OCH3 is 1. The van der Waals surface area contributed by atoms with Gasteiger partial charge in [0.25, 0.3) is 0 Å². The fourth-order valence-corrected chi connectivity index (χ4v) is 3.50. The van der Waals surface area contributed by atoms with E-state index in [2.05, 4.69) is 9.84 Å². The number of carbonyl (C=O) groups is 1. The zero-order valence-corrected chi connectivity index (χ0v) is 18.3. The van der Waals surface area contributed by atoms with Crippen molar-refractivity contribution in [2.45, 2.75) is 51.2 Å². The van der Waals surface area contributed by atoms with Gasteiger partial charge in [0.2, 0.25) is 5.88 Å². The Morgan fingerprint density at radius 3 is 2.59 bits per heavy atom. The average molecular weight is 443 g/mol. The number of hydrogen-bond acceptors (Lipinski definition) is 6. The number of aliphatic hydroxyl groups is 1. The van der Waals surface area contributed by atoms with E-state index in [1.54, 1.807) is 18.7 Å². The van der Waals surface area contributed by atoms with Crippen molar-refractivity contribution >= 4 is 29.2 Å². The Morgan fingerprint density at radius 1 is 1.31 bits per heavy atom. The van der Waals surface area contributed by atoms with Crippen LogP contribution >= 0.6 is 23.2 Å². The number of halogens is 2. The molecule has 2 aromatic rings. The molecule has 3 rings (SSSR count). The van der Waals surface area contributed by atoms with Crippen LogP contribution in [-0.4, -0.2) is 39.7 Å². The maximum Gasteiger partial charge on any atom is 0.346 e. The third-order valence-electron chi connectivity index (χ3n) is 4.99. The molecule has 0 spiro atoms. The number of ether oxygens (including phenoxy) is 3. The molecule has 0 aliphatic heterocycles. The SMILES string of the molecule is COC(=O)[C@H](C)Oc1cc(Oc2c(CCC3(O)CC3)c(C)nn2C)c(Cl)cc1Cl. The van der Waals surface area contributed by atoms with Gasteiger partial charge in [-0.15, -0.1) is 0 Å². The Bertz CT molecular complexity index is 924. The number of aromatic nitrogens is 2. The average Bonchev–Trinajstić information content (AvgIpc) is 3.33. The molecular weight excluding hydrogens is 419 g/mol. The highest BCUT2D eigenvalue weighted by atomic mass is 35.5. The lowest BCUT2D eigenvalue weighted by Crippen LogP contribution is -2.25. The van der Waals surface area contributed by atoms with Gasteiger partial charge in [-0.3, -0.25) is 0 Å². The fraction of sp³-hybridized carbons (Fsp3) is 0.500. The molecule has 0 radical (unpaired) electrons. The second kappa shape index (κ2) is 8.42. The first kappa shape index (κ1) is 21.7. The normalized spacial score (nSPS) is 15.7. The zero-order valence-electron chi connectivity index (χ0n) is 16.8. The monoisotopic (exact) mass is 442 g/mol. The van der Waals surface area contributed by atoms with Crippen LogP contribution in [0.2, 0.25) is 10.0 Å². The predicted octanol–water partition coefficient (Wildman–Crippen LogP) is 4.23. The van der Waals surface area contributed by atoms with Crippen LogP contribution in [-0.2, 0) is 23.0 Å². The molecular formula is C20H24Cl2N2O5. The Hall–Kier alpha value is -1.96. The van der Waals surface area contributed by atoms with E-state index in [-0.39, 0.29) is 10.8 Å². The molecule has 1 aromatic heterocycles. The third-order valence-corrected chi connectivity index (χ3v) is 5.58. The van der Waals surface area contributed by atoms with Gasteiger partial charge < -0.3 is 19.3 Å². The van der Waals surface area contributed by atoms with E-state index < -0.39 is 17.7 Å². The first-order valence-corrected chi connectivity index (χ1v) is 10.1. The molecule has 0 bridgehead atoms. The first-order chi connectivity index (χ1) is 13.6. The van der Waals surface area contributed by atoms with Crippen LogP contribution in [0.4, 0.5) is 0 Å². The standard InChI is InChI=1S/C20H24Cl2N2O5/c1-11-13(5-6-20(26)7-8-20)18(24(3)23-11)29-17-10-16(14(21)9-15(17)22)28-12(2)19(25)27-4/h9-10,12,26H,5-8H2,1-4H3/t12-/m0/s1. The summed E-state index contributed by atoms with van der Waals surface area (Å²) in [6.45, 7) is 3.46. The fourth-order valence-electron chi connectivity index (χ4n) is 3.04. The summed E-state index contributed by atoms with van der Waals surface area (Å²) in [5.74, 6) is 0.568. The van der Waals surface area contributed by atoms with Crippen LogP contribution in [0.3, 0.4) is 0 Å². The summed E-state index contributed by atoms with van der Waals surface area (Å²) in [5.41, 5.74) is 1.17. The van der Waals surface area contributed by atoms with E-state index in [9.17, 15) is 9.90 Å². The van der Waals surface area contributed by atoms with Crippen molar-refractivity contribution in [1.82, 2.24) is 9.78 Å². The number of esters is 1. The molecule has 9 heteroatoms. The molecule has 1 aliphatic rings. The van der Waals surface area contributed by atoms with Crippen molar-refractivity contribution in [2.75, 3.05) is 7.11 Å². The third kappa shape index (κ3) is 4.97. The molecule has 0 amide bonds. The molecule has 1 heterocycles. The van der Waals surface area contributed by atoms with E-state index >= 15 is 0 Å². The van der Waals surface area contributed by atoms with Crippen LogP contribution in [0, 0.1) is 6.92 Å². The molecule has 158 valence electrons. The van der Waals surface area contributed by atoms with Crippen LogP contribution in [0.5, 0.6) is 17.4 Å². The Morgan fingerprint density at radius 2 is 1.97 bits per heavy atom. The van der Waals surface area contributed by atoms with E-state index in [1.807, 2.05) is 6.92 Å². The van der Waals surface area contributed by atoms with Gasteiger partial charge >= 0.3 is 5.97 Å². The van der Waals surface area contributed by atoms with Crippen molar-refractivity contribution in [3.8, 4) is 17.4 Å². The van der Waals surface area contributed by atoms with E-state index in [1.165, 1.54) is 19.2 Å². The molecule has 7 nitrogen and oxygen atoms in total. The lowest BCUT2D eigenvalue weighted by molar-refractivity contribution is -0.147. The molecule has 0 unspecified atom stereocenters. The summed E-state index contributed by atoms with van der Waals surface area (Å²) in [5, 5.41) is 15.1. The van der Waals surface area contributed by atoms with Gasteiger partial charge in [-0.2, -0.15) is 5.10 Å². The minimum absolute atomic E-state index is 0.246. The van der Waals surface area contributed by atoms with Crippen molar-refractivity contribution < 1.29 is 24.1 Å². The highest BCUT2D eigenvalue weighted by molar-refractivity contribution is 6.36. The van der Waals surface area contributed by atoms with Gasteiger partial charge in [0.15, 0.2) is 11.9 Å². The predicted molar refractivity (Wildman–Crippen MR) is 109 cm³/mol. The van der Waals surface area contributed by atoms with Gasteiger partial charge in [0.05, 0.1) is 28.5 Å². The molecule has 1 aliphatic carbocycles. The zero-order chi connectivity index (χ0) is 21.3. The van der Waals surface area contributed by atoms with Crippen molar-refractivity contribution in [2.24, 2.45) is 7.05 Å². The lowest BCUT2D eigenvalue weighted by atomic mass is 10.1. The van der Waals surface area contributed by atoms with Crippen LogP contribution in [0.1, 0.15) is 37.4 Å². The quantitative estimate of drug-likeness (QED) is 0.615. The lowest BCUT2D eigenvalue weighted by Gasteiger charge is -2.16. The summed E-state index contributed by atoms with van der Waals surface area (Å²) < 4.78 is 18.0. The van der Waals surface area contributed by atoms with E-state index in [0.29, 0.717) is 29.5 Å². The maximum absolute atomic E-state index is 11.6. The van der Waals surface area contributed by atoms with Crippen molar-refractivity contribution in [3.63, 3.8) is 0 Å². The van der Waals surface area contributed by atoms with Gasteiger partial charge in [-0.25, -0.2) is 9.48 Å². The van der Waals surface area contributed by atoms with E-state index in [0.717, 1.165) is 24.1 Å². The minimum atomic E-state index is -0.847. The summed E-state index contributed by atoms with van der Waals surface area (Å²) >= 11 is 12.5. The molecule has 0 saturated heterocycles. The number of rotatable bonds is 8. The van der Waals surface area contributed by atoms with Crippen LogP contribution in [0.15, 0.2) is 12.1 Å². The van der Waals surface area contributed by atoms with Crippen molar-refractivity contribution in [1.29, 1.82) is 0 Å². The van der Waals surface area contributed by atoms with Crippen LogP contribution < -0.4 is 9.47 Å². The molecule has 1 saturated carbocycles. The largest absolute Gasteiger partial charge is 0.477 e. The van der Waals surface area contributed by atoms with E-state index in [4.69, 9.17) is 32.7 Å². The molecule has 1 fully saturated rings. The summed E-state index contributed by atoms with van der Waals surface area (Å²) in [6.07, 6.45) is 2.09. The first-order valence-electron chi connectivity index (χ1n) is 9.30. The number of nitrogens with zero attached hydrogens (tertiary/aromatic N) is 2. The van der Waals surface area contributed by atoms with Gasteiger partial charge in [0, 0.05) is 18.7 Å². The summed E-state index contributed by atoms with van der Waals surface area (Å²) in [7, 11) is 3.06. The second-order valence-electron chi connectivity index (χ2n) is 7.32. The number of carbonyl (C=O) groups excluding carboxylic acids is 1.